The minimum atomic E-state index is 0.189. The Morgan fingerprint density at radius 1 is 1.20 bits per heavy atom. The van der Waals surface area contributed by atoms with E-state index in [0.29, 0.717) is 6.54 Å². The highest BCUT2D eigenvalue weighted by molar-refractivity contribution is 5.81. The summed E-state index contributed by atoms with van der Waals surface area (Å²) >= 11 is 0. The van der Waals surface area contributed by atoms with Gasteiger partial charge in [0.25, 0.3) is 0 Å². The molecule has 0 unspecified atom stereocenters. The van der Waals surface area contributed by atoms with Crippen LogP contribution in [0.5, 0.6) is 5.75 Å². The predicted octanol–water partition coefficient (Wildman–Crippen LogP) is 4.71. The molecule has 0 aliphatic carbocycles. The summed E-state index contributed by atoms with van der Waals surface area (Å²) in [5.74, 6) is 1.81. The van der Waals surface area contributed by atoms with Crippen molar-refractivity contribution in [1.82, 2.24) is 4.90 Å². The molecular weight excluding hydrogens is 312 g/mol. The Hall–Kier alpha value is -1.71. The van der Waals surface area contributed by atoms with Crippen LogP contribution in [0.15, 0.2) is 24.3 Å². The highest BCUT2D eigenvalue weighted by Crippen LogP contribution is 2.19. The van der Waals surface area contributed by atoms with Crippen LogP contribution in [0.1, 0.15) is 58.8 Å². The molecule has 1 amide bonds. The number of hydrogen-bond acceptors (Lipinski definition) is 3. The van der Waals surface area contributed by atoms with Crippen LogP contribution in [-0.4, -0.2) is 37.0 Å². The third-order valence-corrected chi connectivity index (χ3v) is 4.93. The SMILES string of the molecule is CCCCCCCOc1cccc(NCC(=O)N2CCC(C)CC2)c1. The quantitative estimate of drug-likeness (QED) is 0.624. The van der Waals surface area contributed by atoms with Crippen LogP contribution in [0.2, 0.25) is 0 Å². The molecule has 0 atom stereocenters. The van der Waals surface area contributed by atoms with Crippen molar-refractivity contribution in [1.29, 1.82) is 0 Å². The van der Waals surface area contributed by atoms with Gasteiger partial charge >= 0.3 is 0 Å². The first-order valence-electron chi connectivity index (χ1n) is 9.93. The van der Waals surface area contributed by atoms with E-state index in [2.05, 4.69) is 19.2 Å². The normalized spacial score (nSPS) is 15.2. The first kappa shape index (κ1) is 19.6. The van der Waals surface area contributed by atoms with E-state index in [4.69, 9.17) is 4.74 Å². The largest absolute Gasteiger partial charge is 0.494 e. The summed E-state index contributed by atoms with van der Waals surface area (Å²) in [6, 6.07) is 7.92. The number of anilines is 1. The Morgan fingerprint density at radius 3 is 2.72 bits per heavy atom. The number of benzene rings is 1. The molecule has 0 aromatic heterocycles. The number of likely N-dealkylation sites (tertiary alicyclic amines) is 1. The zero-order chi connectivity index (χ0) is 17.9. The summed E-state index contributed by atoms with van der Waals surface area (Å²) in [4.78, 5) is 14.3. The van der Waals surface area contributed by atoms with Gasteiger partial charge in [0.15, 0.2) is 0 Å². The number of carbonyl (C=O) groups excluding carboxylic acids is 1. The molecule has 1 aliphatic rings. The monoisotopic (exact) mass is 346 g/mol. The number of nitrogens with one attached hydrogen (secondary N) is 1. The second-order valence-corrected chi connectivity index (χ2v) is 7.21. The average molecular weight is 347 g/mol. The van der Waals surface area contributed by atoms with Gasteiger partial charge in [0.2, 0.25) is 5.91 Å². The summed E-state index contributed by atoms with van der Waals surface area (Å²) in [6.45, 7) is 7.39. The van der Waals surface area contributed by atoms with Gasteiger partial charge in [-0.25, -0.2) is 0 Å². The van der Waals surface area contributed by atoms with Crippen molar-refractivity contribution in [2.24, 2.45) is 5.92 Å². The number of piperidine rings is 1. The number of rotatable bonds is 10. The summed E-state index contributed by atoms with van der Waals surface area (Å²) in [5.41, 5.74) is 0.946. The number of nitrogens with zero attached hydrogens (tertiary/aromatic N) is 1. The predicted molar refractivity (Wildman–Crippen MR) is 104 cm³/mol. The molecule has 140 valence electrons. The lowest BCUT2D eigenvalue weighted by atomic mass is 9.99. The number of amides is 1. The molecule has 1 N–H and O–H groups in total. The Labute approximate surface area is 152 Å². The minimum absolute atomic E-state index is 0.189. The molecule has 4 heteroatoms. The van der Waals surface area contributed by atoms with E-state index >= 15 is 0 Å². The molecule has 1 aliphatic heterocycles. The summed E-state index contributed by atoms with van der Waals surface area (Å²) in [7, 11) is 0. The van der Waals surface area contributed by atoms with Gasteiger partial charge in [0.1, 0.15) is 5.75 Å². The van der Waals surface area contributed by atoms with Crippen molar-refractivity contribution in [3.05, 3.63) is 24.3 Å². The maximum Gasteiger partial charge on any atom is 0.241 e. The molecule has 1 heterocycles. The van der Waals surface area contributed by atoms with Gasteiger partial charge in [-0.15, -0.1) is 0 Å². The number of carbonyl (C=O) groups is 1. The second-order valence-electron chi connectivity index (χ2n) is 7.21. The van der Waals surface area contributed by atoms with Crippen LogP contribution >= 0.6 is 0 Å². The smallest absolute Gasteiger partial charge is 0.241 e. The number of unbranched alkanes of at least 4 members (excludes halogenated alkanes) is 4. The first-order chi connectivity index (χ1) is 12.2. The van der Waals surface area contributed by atoms with Gasteiger partial charge < -0.3 is 15.0 Å². The topological polar surface area (TPSA) is 41.6 Å². The van der Waals surface area contributed by atoms with Gasteiger partial charge in [-0.3, -0.25) is 4.79 Å². The Morgan fingerprint density at radius 2 is 1.96 bits per heavy atom. The zero-order valence-electron chi connectivity index (χ0n) is 15.9. The summed E-state index contributed by atoms with van der Waals surface area (Å²) in [5, 5.41) is 3.24. The molecule has 0 radical (unpaired) electrons. The van der Waals surface area contributed by atoms with Crippen LogP contribution in [0.3, 0.4) is 0 Å². The Kier molecular flexibility index (Phi) is 8.64. The molecule has 2 rings (SSSR count). The van der Waals surface area contributed by atoms with Gasteiger partial charge in [-0.2, -0.15) is 0 Å². The molecule has 1 fully saturated rings. The Bertz CT molecular complexity index is 510. The second kappa shape index (κ2) is 11.0. The Balaban J connectivity index is 1.69. The van der Waals surface area contributed by atoms with Gasteiger partial charge in [-0.1, -0.05) is 45.6 Å². The van der Waals surface area contributed by atoms with E-state index in [0.717, 1.165) is 56.3 Å². The van der Waals surface area contributed by atoms with Crippen LogP contribution < -0.4 is 10.1 Å². The fourth-order valence-corrected chi connectivity index (χ4v) is 3.14. The van der Waals surface area contributed by atoms with Crippen LogP contribution in [0, 0.1) is 5.92 Å². The fraction of sp³-hybridized carbons (Fsp3) is 0.667. The highest BCUT2D eigenvalue weighted by atomic mass is 16.5. The van der Waals surface area contributed by atoms with Crippen LogP contribution in [0.25, 0.3) is 0 Å². The van der Waals surface area contributed by atoms with E-state index in [1.807, 2.05) is 29.2 Å². The lowest BCUT2D eigenvalue weighted by molar-refractivity contribution is -0.130. The summed E-state index contributed by atoms with van der Waals surface area (Å²) in [6.07, 6.45) is 8.44. The molecule has 1 aromatic rings. The third kappa shape index (κ3) is 7.37. The van der Waals surface area contributed by atoms with Crippen molar-refractivity contribution in [2.45, 2.75) is 58.8 Å². The van der Waals surface area contributed by atoms with Crippen LogP contribution in [0.4, 0.5) is 5.69 Å². The van der Waals surface area contributed by atoms with Crippen molar-refractivity contribution in [3.8, 4) is 5.75 Å². The minimum Gasteiger partial charge on any atom is -0.494 e. The zero-order valence-corrected chi connectivity index (χ0v) is 15.9. The third-order valence-electron chi connectivity index (χ3n) is 4.93. The highest BCUT2D eigenvalue weighted by Gasteiger charge is 2.19. The maximum atomic E-state index is 12.3. The van der Waals surface area contributed by atoms with Gasteiger partial charge in [-0.05, 0) is 37.3 Å². The maximum absolute atomic E-state index is 12.3. The van der Waals surface area contributed by atoms with E-state index in [1.165, 1.54) is 25.7 Å². The average Bonchev–Trinajstić information content (AvgIpc) is 2.63. The molecule has 1 aromatic carbocycles. The lowest BCUT2D eigenvalue weighted by Gasteiger charge is -2.30. The summed E-state index contributed by atoms with van der Waals surface area (Å²) < 4.78 is 5.83. The molecule has 25 heavy (non-hydrogen) atoms. The molecular formula is C21H34N2O2. The van der Waals surface area contributed by atoms with Crippen LogP contribution in [-0.2, 0) is 4.79 Å². The lowest BCUT2D eigenvalue weighted by Crippen LogP contribution is -2.40. The van der Waals surface area contributed by atoms with Crippen molar-refractivity contribution in [3.63, 3.8) is 0 Å². The van der Waals surface area contributed by atoms with Crippen molar-refractivity contribution < 1.29 is 9.53 Å². The molecule has 0 bridgehead atoms. The van der Waals surface area contributed by atoms with E-state index in [-0.39, 0.29) is 5.91 Å². The van der Waals surface area contributed by atoms with E-state index < -0.39 is 0 Å². The van der Waals surface area contributed by atoms with E-state index in [1.54, 1.807) is 0 Å². The van der Waals surface area contributed by atoms with Gasteiger partial charge in [0.05, 0.1) is 13.2 Å². The first-order valence-corrected chi connectivity index (χ1v) is 9.93. The molecule has 1 saturated heterocycles. The molecule has 4 nitrogen and oxygen atoms in total. The van der Waals surface area contributed by atoms with Gasteiger partial charge in [0, 0.05) is 24.8 Å². The number of ether oxygens (including phenoxy) is 1. The standard InChI is InChI=1S/C21H34N2O2/c1-3-4-5-6-7-15-25-20-10-8-9-19(16-20)22-17-21(24)23-13-11-18(2)12-14-23/h8-10,16,18,22H,3-7,11-15,17H2,1-2H3. The molecule has 0 saturated carbocycles. The number of hydrogen-bond donors (Lipinski definition) is 1. The molecule has 0 spiro atoms. The van der Waals surface area contributed by atoms with Crippen molar-refractivity contribution in [2.75, 3.05) is 31.6 Å². The van der Waals surface area contributed by atoms with E-state index in [9.17, 15) is 4.79 Å². The van der Waals surface area contributed by atoms with Crippen molar-refractivity contribution >= 4 is 11.6 Å². The fourth-order valence-electron chi connectivity index (χ4n) is 3.14.